The molecule has 1 spiro atoms. The van der Waals surface area contributed by atoms with Crippen LogP contribution in [0.3, 0.4) is 0 Å². The minimum atomic E-state index is -4.48. The molecular weight excluding hydrogens is 361 g/mol. The van der Waals surface area contributed by atoms with Crippen molar-refractivity contribution in [2.24, 2.45) is 5.41 Å². The summed E-state index contributed by atoms with van der Waals surface area (Å²) < 4.78 is 49.3. The van der Waals surface area contributed by atoms with Gasteiger partial charge in [-0.15, -0.1) is 0 Å². The van der Waals surface area contributed by atoms with Gasteiger partial charge >= 0.3 is 12.3 Å². The summed E-state index contributed by atoms with van der Waals surface area (Å²) >= 11 is 0. The molecule has 27 heavy (non-hydrogen) atoms. The van der Waals surface area contributed by atoms with Gasteiger partial charge in [-0.3, -0.25) is 4.98 Å². The minimum absolute atomic E-state index is 0.0958. The van der Waals surface area contributed by atoms with Gasteiger partial charge in [-0.25, -0.2) is 4.79 Å². The highest BCUT2D eigenvalue weighted by Crippen LogP contribution is 2.50. The molecule has 8 heteroatoms. The molecule has 2 aliphatic rings. The number of likely N-dealkylation sites (tertiary alicyclic amines) is 1. The average Bonchev–Trinajstić information content (AvgIpc) is 2.52. The fourth-order valence-electron chi connectivity index (χ4n) is 3.72. The molecule has 0 bridgehead atoms. The van der Waals surface area contributed by atoms with E-state index in [0.29, 0.717) is 13.1 Å². The van der Waals surface area contributed by atoms with Crippen LogP contribution >= 0.6 is 0 Å². The van der Waals surface area contributed by atoms with Crippen molar-refractivity contribution in [2.75, 3.05) is 13.1 Å². The van der Waals surface area contributed by atoms with E-state index in [1.54, 1.807) is 4.90 Å². The number of carbonyl (C=O) groups excluding carboxylic acids is 1. The van der Waals surface area contributed by atoms with E-state index >= 15 is 0 Å². The van der Waals surface area contributed by atoms with E-state index in [1.165, 1.54) is 6.07 Å². The zero-order chi connectivity index (χ0) is 19.9. The van der Waals surface area contributed by atoms with Crippen LogP contribution in [0.25, 0.3) is 0 Å². The van der Waals surface area contributed by atoms with Gasteiger partial charge in [0.1, 0.15) is 17.0 Å². The molecule has 0 unspecified atom stereocenters. The van der Waals surface area contributed by atoms with E-state index in [4.69, 9.17) is 9.47 Å². The van der Waals surface area contributed by atoms with Gasteiger partial charge in [-0.1, -0.05) is 0 Å². The first kappa shape index (κ1) is 19.8. The summed E-state index contributed by atoms with van der Waals surface area (Å²) in [5.74, 6) is 0.198. The Labute approximate surface area is 156 Å². The summed E-state index contributed by atoms with van der Waals surface area (Å²) in [4.78, 5) is 17.2. The molecule has 1 aromatic heterocycles. The number of carbonyl (C=O) groups is 1. The van der Waals surface area contributed by atoms with E-state index in [9.17, 15) is 18.0 Å². The molecule has 1 saturated heterocycles. The Morgan fingerprint density at radius 3 is 2.41 bits per heavy atom. The highest BCUT2D eigenvalue weighted by Gasteiger charge is 2.48. The molecule has 1 aromatic rings. The number of amides is 1. The lowest BCUT2D eigenvalue weighted by molar-refractivity contribution is -0.141. The number of rotatable bonds is 2. The lowest BCUT2D eigenvalue weighted by atomic mass is 9.61. The number of aromatic nitrogens is 1. The Balaban J connectivity index is 1.48. The van der Waals surface area contributed by atoms with Crippen LogP contribution in [0, 0.1) is 5.41 Å². The molecule has 150 valence electrons. The first-order valence-electron chi connectivity index (χ1n) is 9.14. The Hall–Kier alpha value is -1.99. The first-order valence-corrected chi connectivity index (χ1v) is 9.14. The van der Waals surface area contributed by atoms with Crippen LogP contribution in [0.15, 0.2) is 18.3 Å². The van der Waals surface area contributed by atoms with Crippen molar-refractivity contribution in [3.05, 3.63) is 24.0 Å². The third-order valence-electron chi connectivity index (χ3n) is 5.12. The zero-order valence-electron chi connectivity index (χ0n) is 15.8. The summed E-state index contributed by atoms with van der Waals surface area (Å²) in [7, 11) is 0. The third kappa shape index (κ3) is 4.84. The maximum atomic E-state index is 12.7. The maximum Gasteiger partial charge on any atom is 0.433 e. The van der Waals surface area contributed by atoms with Gasteiger partial charge in [0.05, 0.1) is 6.10 Å². The van der Waals surface area contributed by atoms with E-state index in [1.807, 2.05) is 20.8 Å². The van der Waals surface area contributed by atoms with Crippen LogP contribution in [-0.2, 0) is 10.9 Å². The van der Waals surface area contributed by atoms with Gasteiger partial charge in [0.15, 0.2) is 0 Å². The molecule has 1 aliphatic heterocycles. The fraction of sp³-hybridized carbons (Fsp3) is 0.684. The Morgan fingerprint density at radius 2 is 1.85 bits per heavy atom. The first-order chi connectivity index (χ1) is 12.5. The molecule has 1 saturated carbocycles. The fourth-order valence-corrected chi connectivity index (χ4v) is 3.72. The van der Waals surface area contributed by atoms with Crippen molar-refractivity contribution < 1.29 is 27.4 Å². The summed E-state index contributed by atoms with van der Waals surface area (Å²) in [6.45, 7) is 6.79. The number of alkyl halides is 3. The van der Waals surface area contributed by atoms with Gasteiger partial charge < -0.3 is 14.4 Å². The number of hydrogen-bond acceptors (Lipinski definition) is 4. The molecule has 1 amide bonds. The molecule has 2 fully saturated rings. The van der Waals surface area contributed by atoms with Crippen molar-refractivity contribution in [2.45, 2.75) is 64.3 Å². The SMILES string of the molecule is CC(C)(C)OC(=O)N1CCC2(CC1)CC(Oc1ccnc(C(F)(F)F)c1)C2. The van der Waals surface area contributed by atoms with E-state index in [-0.39, 0.29) is 23.4 Å². The number of hydrogen-bond donors (Lipinski definition) is 0. The topological polar surface area (TPSA) is 51.7 Å². The van der Waals surface area contributed by atoms with Crippen LogP contribution in [-0.4, -0.2) is 40.8 Å². The molecule has 0 atom stereocenters. The standard InChI is InChI=1S/C19H25F3N2O3/c1-17(2,3)27-16(25)24-8-5-18(6-9-24)11-14(12-18)26-13-4-7-23-15(10-13)19(20,21)22/h4,7,10,14H,5-6,8-9,11-12H2,1-3H3. The van der Waals surface area contributed by atoms with Gasteiger partial charge in [0.25, 0.3) is 0 Å². The van der Waals surface area contributed by atoms with Crippen molar-refractivity contribution in [3.63, 3.8) is 0 Å². The smallest absolute Gasteiger partial charge is 0.433 e. The van der Waals surface area contributed by atoms with Crippen molar-refractivity contribution in [3.8, 4) is 5.75 Å². The summed E-state index contributed by atoms with van der Waals surface area (Å²) in [5.41, 5.74) is -1.34. The lowest BCUT2D eigenvalue weighted by Crippen LogP contribution is -2.52. The predicted octanol–water partition coefficient (Wildman–Crippen LogP) is 4.66. The maximum absolute atomic E-state index is 12.7. The van der Waals surface area contributed by atoms with Gasteiger partial charge in [-0.05, 0) is 57.9 Å². The average molecular weight is 386 g/mol. The van der Waals surface area contributed by atoms with E-state index < -0.39 is 17.5 Å². The summed E-state index contributed by atoms with van der Waals surface area (Å²) in [6.07, 6.45) is -0.451. The summed E-state index contributed by atoms with van der Waals surface area (Å²) in [6, 6.07) is 2.39. The number of pyridine rings is 1. The molecule has 5 nitrogen and oxygen atoms in total. The van der Waals surface area contributed by atoms with Gasteiger partial charge in [-0.2, -0.15) is 13.2 Å². The van der Waals surface area contributed by atoms with Crippen LogP contribution in [0.5, 0.6) is 5.75 Å². The Bertz CT molecular complexity index is 684. The normalized spacial score (nSPS) is 20.3. The molecule has 0 aromatic carbocycles. The molecule has 2 heterocycles. The van der Waals surface area contributed by atoms with Crippen LogP contribution in [0.1, 0.15) is 52.1 Å². The summed E-state index contributed by atoms with van der Waals surface area (Å²) in [5, 5.41) is 0. The third-order valence-corrected chi connectivity index (χ3v) is 5.12. The number of halogens is 3. The zero-order valence-corrected chi connectivity index (χ0v) is 15.8. The van der Waals surface area contributed by atoms with E-state index in [2.05, 4.69) is 4.98 Å². The molecule has 0 radical (unpaired) electrons. The van der Waals surface area contributed by atoms with Crippen LogP contribution < -0.4 is 4.74 Å². The van der Waals surface area contributed by atoms with Crippen molar-refractivity contribution in [1.82, 2.24) is 9.88 Å². The molecule has 3 rings (SSSR count). The lowest BCUT2D eigenvalue weighted by Gasteiger charge is -2.51. The van der Waals surface area contributed by atoms with Crippen LogP contribution in [0.4, 0.5) is 18.0 Å². The Kier molecular flexibility index (Phi) is 5.03. The predicted molar refractivity (Wildman–Crippen MR) is 92.4 cm³/mol. The largest absolute Gasteiger partial charge is 0.490 e. The van der Waals surface area contributed by atoms with Crippen LogP contribution in [0.2, 0.25) is 0 Å². The van der Waals surface area contributed by atoms with Gasteiger partial charge in [0, 0.05) is 25.4 Å². The van der Waals surface area contributed by atoms with Gasteiger partial charge in [0.2, 0.25) is 0 Å². The van der Waals surface area contributed by atoms with Crippen molar-refractivity contribution in [1.29, 1.82) is 0 Å². The number of ether oxygens (including phenoxy) is 2. The second-order valence-electron chi connectivity index (χ2n) is 8.49. The van der Waals surface area contributed by atoms with E-state index in [0.717, 1.165) is 37.9 Å². The number of nitrogens with zero attached hydrogens (tertiary/aromatic N) is 2. The second-order valence-corrected chi connectivity index (χ2v) is 8.49. The number of piperidine rings is 1. The monoisotopic (exact) mass is 386 g/mol. The Morgan fingerprint density at radius 1 is 1.22 bits per heavy atom. The quantitative estimate of drug-likeness (QED) is 0.742. The molecular formula is C19H25F3N2O3. The molecule has 0 N–H and O–H groups in total. The molecule has 1 aliphatic carbocycles. The highest BCUT2D eigenvalue weighted by molar-refractivity contribution is 5.68. The second kappa shape index (κ2) is 6.87. The van der Waals surface area contributed by atoms with Crippen molar-refractivity contribution >= 4 is 6.09 Å². The minimum Gasteiger partial charge on any atom is -0.490 e. The highest BCUT2D eigenvalue weighted by atomic mass is 19.4.